The molecule has 12 heteroatoms. The maximum absolute atomic E-state index is 12.5. The molecule has 0 aliphatic heterocycles. The lowest BCUT2D eigenvalue weighted by molar-refractivity contribution is -0.112. The first-order chi connectivity index (χ1) is 16.3. The molecule has 1 amide bonds. The minimum absolute atomic E-state index is 0.0565. The van der Waals surface area contributed by atoms with E-state index in [-0.39, 0.29) is 32.3 Å². The first kappa shape index (κ1) is 24.6. The van der Waals surface area contributed by atoms with E-state index in [1.54, 1.807) is 36.4 Å². The van der Waals surface area contributed by atoms with Crippen LogP contribution in [0.4, 0.5) is 5.13 Å². The third kappa shape index (κ3) is 5.83. The van der Waals surface area contributed by atoms with Gasteiger partial charge in [0.1, 0.15) is 11.6 Å². The van der Waals surface area contributed by atoms with Gasteiger partial charge in [-0.1, -0.05) is 42.5 Å². The molecule has 174 valence electrons. The molecule has 3 rings (SSSR count). The maximum atomic E-state index is 12.5. The highest BCUT2D eigenvalue weighted by molar-refractivity contribution is 7.93. The van der Waals surface area contributed by atoms with Crippen molar-refractivity contribution in [2.45, 2.75) is 11.3 Å². The number of hydrogen-bond acceptors (Lipinski definition) is 10. The number of ether oxygens (including phenoxy) is 2. The van der Waals surface area contributed by atoms with Crippen LogP contribution in [0.1, 0.15) is 22.8 Å². The second-order valence-electron chi connectivity index (χ2n) is 6.57. The topological polar surface area (TPSA) is 148 Å². The molecule has 0 radical (unpaired) electrons. The smallest absolute Gasteiger partial charge is 0.343 e. The van der Waals surface area contributed by atoms with E-state index in [1.807, 2.05) is 0 Å². The summed E-state index contributed by atoms with van der Waals surface area (Å²) < 4.78 is 34.1. The number of sulfone groups is 1. The van der Waals surface area contributed by atoms with Gasteiger partial charge in [-0.05, 0) is 35.9 Å². The van der Waals surface area contributed by atoms with Crippen LogP contribution in [0, 0.1) is 11.3 Å². The predicted molar refractivity (Wildman–Crippen MR) is 124 cm³/mol. The van der Waals surface area contributed by atoms with Crippen molar-refractivity contribution in [3.05, 3.63) is 65.2 Å². The maximum Gasteiger partial charge on any atom is 0.343 e. The number of rotatable bonds is 8. The van der Waals surface area contributed by atoms with Crippen LogP contribution in [-0.2, 0) is 14.6 Å². The van der Waals surface area contributed by atoms with Crippen LogP contribution in [0.2, 0.25) is 0 Å². The molecule has 0 aliphatic rings. The van der Waals surface area contributed by atoms with Crippen molar-refractivity contribution >= 4 is 44.3 Å². The molecule has 1 N–H and O–H groups in total. The van der Waals surface area contributed by atoms with Crippen molar-refractivity contribution in [1.82, 2.24) is 10.2 Å². The number of nitriles is 1. The van der Waals surface area contributed by atoms with Crippen molar-refractivity contribution in [2.75, 3.05) is 18.2 Å². The Morgan fingerprint density at radius 3 is 2.53 bits per heavy atom. The molecule has 0 spiro atoms. The van der Waals surface area contributed by atoms with E-state index in [9.17, 15) is 23.3 Å². The van der Waals surface area contributed by atoms with E-state index >= 15 is 0 Å². The van der Waals surface area contributed by atoms with Gasteiger partial charge in [-0.25, -0.2) is 13.2 Å². The zero-order chi connectivity index (χ0) is 24.7. The highest BCUT2D eigenvalue weighted by atomic mass is 32.2. The lowest BCUT2D eigenvalue weighted by Gasteiger charge is -2.10. The number of carbonyl (C=O) groups is 2. The molecule has 0 aliphatic carbocycles. The van der Waals surface area contributed by atoms with Crippen molar-refractivity contribution in [2.24, 2.45) is 0 Å². The molecular weight excluding hydrogens is 480 g/mol. The first-order valence-corrected chi connectivity index (χ1v) is 12.2. The minimum Gasteiger partial charge on any atom is -0.493 e. The van der Waals surface area contributed by atoms with Crippen LogP contribution in [-0.4, -0.2) is 43.4 Å². The molecule has 2 aromatic carbocycles. The quantitative estimate of drug-likeness (QED) is 0.162. The molecule has 1 heterocycles. The number of methoxy groups -OCH3 is 1. The van der Waals surface area contributed by atoms with Gasteiger partial charge >= 0.3 is 5.97 Å². The number of amides is 1. The fourth-order valence-corrected chi connectivity index (χ4v) is 4.56. The summed E-state index contributed by atoms with van der Waals surface area (Å²) >= 11 is 0.692. The lowest BCUT2D eigenvalue weighted by Crippen LogP contribution is -2.13. The Hall–Kier alpha value is -4.08. The predicted octanol–water partition coefficient (Wildman–Crippen LogP) is 3.11. The Labute approximate surface area is 199 Å². The Morgan fingerprint density at radius 1 is 1.15 bits per heavy atom. The van der Waals surface area contributed by atoms with Crippen LogP contribution < -0.4 is 14.8 Å². The van der Waals surface area contributed by atoms with Gasteiger partial charge in [-0.2, -0.15) is 5.26 Å². The second-order valence-corrected chi connectivity index (χ2v) is 10.00. The summed E-state index contributed by atoms with van der Waals surface area (Å²) in [6.07, 6.45) is 1.30. The molecule has 0 atom stereocenters. The molecule has 0 unspecified atom stereocenters. The second kappa shape index (κ2) is 10.7. The Bertz CT molecular complexity index is 1390. The van der Waals surface area contributed by atoms with E-state index in [0.717, 1.165) is 0 Å². The van der Waals surface area contributed by atoms with Crippen molar-refractivity contribution in [3.63, 3.8) is 0 Å². The molecule has 1 aromatic heterocycles. The van der Waals surface area contributed by atoms with E-state index in [0.29, 0.717) is 22.5 Å². The highest BCUT2D eigenvalue weighted by Crippen LogP contribution is 2.30. The van der Waals surface area contributed by atoms with E-state index in [2.05, 4.69) is 15.5 Å². The third-order valence-corrected chi connectivity index (χ3v) is 7.37. The van der Waals surface area contributed by atoms with Gasteiger partial charge in [-0.15, -0.1) is 10.2 Å². The number of aromatic nitrogens is 2. The SMILES string of the molecule is CCS(=O)(=O)c1nnc(NC(=O)/C(C#N)=C\c2ccc(OC(=O)c3ccccc3)c(OC)c2)s1. The average molecular weight is 499 g/mol. The standard InChI is InChI=1S/C22H18N4O6S2/c1-3-34(29,30)22-26-25-21(33-22)24-19(27)16(13-23)11-14-9-10-17(18(12-14)31-2)32-20(28)15-7-5-4-6-8-15/h4-12H,3H2,1-2H3,(H,24,25,27)/b16-11-. The lowest BCUT2D eigenvalue weighted by atomic mass is 10.1. The molecule has 10 nitrogen and oxygen atoms in total. The fraction of sp³-hybridized carbons (Fsp3) is 0.136. The van der Waals surface area contributed by atoms with Crippen molar-refractivity contribution in [1.29, 1.82) is 5.26 Å². The van der Waals surface area contributed by atoms with Crippen LogP contribution in [0.5, 0.6) is 11.5 Å². The number of esters is 1. The normalized spacial score (nSPS) is 11.4. The van der Waals surface area contributed by atoms with E-state index in [4.69, 9.17) is 9.47 Å². The molecule has 0 bridgehead atoms. The van der Waals surface area contributed by atoms with Gasteiger partial charge in [0.15, 0.2) is 11.5 Å². The van der Waals surface area contributed by atoms with Gasteiger partial charge < -0.3 is 9.47 Å². The number of carbonyl (C=O) groups excluding carboxylic acids is 2. The number of nitrogens with zero attached hydrogens (tertiary/aromatic N) is 3. The zero-order valence-corrected chi connectivity index (χ0v) is 19.6. The van der Waals surface area contributed by atoms with Crippen LogP contribution in [0.25, 0.3) is 6.08 Å². The highest BCUT2D eigenvalue weighted by Gasteiger charge is 2.20. The zero-order valence-electron chi connectivity index (χ0n) is 18.0. The molecule has 0 saturated heterocycles. The summed E-state index contributed by atoms with van der Waals surface area (Å²) in [6, 6.07) is 14.7. The minimum atomic E-state index is -3.56. The van der Waals surface area contributed by atoms with Gasteiger partial charge in [0.05, 0.1) is 18.4 Å². The molecule has 34 heavy (non-hydrogen) atoms. The third-order valence-electron chi connectivity index (χ3n) is 4.35. The summed E-state index contributed by atoms with van der Waals surface area (Å²) in [7, 11) is -2.17. The number of benzene rings is 2. The molecular formula is C22H18N4O6S2. The average Bonchev–Trinajstić information content (AvgIpc) is 3.33. The fourth-order valence-electron chi connectivity index (χ4n) is 2.58. The Balaban J connectivity index is 1.78. The van der Waals surface area contributed by atoms with Crippen LogP contribution >= 0.6 is 11.3 Å². The summed E-state index contributed by atoms with van der Waals surface area (Å²) in [6.45, 7) is 1.47. The van der Waals surface area contributed by atoms with Crippen LogP contribution in [0.15, 0.2) is 58.4 Å². The van der Waals surface area contributed by atoms with Crippen molar-refractivity contribution < 1.29 is 27.5 Å². The summed E-state index contributed by atoms with van der Waals surface area (Å²) in [4.78, 5) is 24.8. The first-order valence-electron chi connectivity index (χ1n) is 9.72. The molecule has 3 aromatic rings. The van der Waals surface area contributed by atoms with E-state index < -0.39 is 21.7 Å². The van der Waals surface area contributed by atoms with Gasteiger partial charge in [0, 0.05) is 0 Å². The summed E-state index contributed by atoms with van der Waals surface area (Å²) in [5, 5.41) is 18.9. The molecule has 0 saturated carbocycles. The monoisotopic (exact) mass is 498 g/mol. The van der Waals surface area contributed by atoms with Gasteiger partial charge in [0.25, 0.3) is 5.91 Å². The molecule has 0 fully saturated rings. The van der Waals surface area contributed by atoms with E-state index in [1.165, 1.54) is 38.3 Å². The van der Waals surface area contributed by atoms with Crippen LogP contribution in [0.3, 0.4) is 0 Å². The van der Waals surface area contributed by atoms with Crippen molar-refractivity contribution in [3.8, 4) is 17.6 Å². The summed E-state index contributed by atoms with van der Waals surface area (Å²) in [5.41, 5.74) is 0.518. The summed E-state index contributed by atoms with van der Waals surface area (Å²) in [5.74, 6) is -1.14. The number of hydrogen-bond donors (Lipinski definition) is 1. The largest absolute Gasteiger partial charge is 0.493 e. The number of anilines is 1. The number of nitrogens with one attached hydrogen (secondary N) is 1. The Morgan fingerprint density at radius 2 is 1.88 bits per heavy atom. The van der Waals surface area contributed by atoms with Gasteiger partial charge in [-0.3, -0.25) is 10.1 Å². The van der Waals surface area contributed by atoms with Gasteiger partial charge in [0.2, 0.25) is 19.3 Å². The Kier molecular flexibility index (Phi) is 7.72.